The van der Waals surface area contributed by atoms with Crippen LogP contribution in [0.3, 0.4) is 0 Å². The summed E-state index contributed by atoms with van der Waals surface area (Å²) in [4.78, 5) is 24.0. The molecule has 0 heterocycles. The van der Waals surface area contributed by atoms with Crippen LogP contribution in [0.15, 0.2) is 42.5 Å². The monoisotopic (exact) mass is 445 g/mol. The van der Waals surface area contributed by atoms with Gasteiger partial charge in [-0.25, -0.2) is 8.42 Å². The van der Waals surface area contributed by atoms with E-state index in [1.54, 1.807) is 13.8 Å². The molecule has 1 aliphatic carbocycles. The average molecular weight is 446 g/mol. The molecule has 3 rings (SSSR count). The van der Waals surface area contributed by atoms with Gasteiger partial charge in [0, 0.05) is 12.1 Å². The Morgan fingerprint density at radius 1 is 1.29 bits per heavy atom. The van der Waals surface area contributed by atoms with Crippen molar-refractivity contribution in [2.24, 2.45) is 0 Å². The molecule has 9 heteroatoms. The van der Waals surface area contributed by atoms with E-state index >= 15 is 0 Å². The Labute approximate surface area is 182 Å². The molecule has 1 N–H and O–H groups in total. The second-order valence-electron chi connectivity index (χ2n) is 7.86. The van der Waals surface area contributed by atoms with Gasteiger partial charge in [0.25, 0.3) is 5.69 Å². The van der Waals surface area contributed by atoms with Crippen LogP contribution in [0, 0.1) is 17.0 Å². The summed E-state index contributed by atoms with van der Waals surface area (Å²) in [5.41, 5.74) is 2.68. The molecule has 0 saturated heterocycles. The number of nitro groups is 1. The van der Waals surface area contributed by atoms with Gasteiger partial charge >= 0.3 is 0 Å². The van der Waals surface area contributed by atoms with Crippen LogP contribution in [0.5, 0.6) is 0 Å². The minimum absolute atomic E-state index is 0.141. The number of hydrogen-bond donors (Lipinski definition) is 1. The predicted octanol–water partition coefficient (Wildman–Crippen LogP) is 3.64. The van der Waals surface area contributed by atoms with E-state index in [1.807, 2.05) is 24.3 Å². The van der Waals surface area contributed by atoms with Crippen LogP contribution in [0.2, 0.25) is 0 Å². The molecular formula is C22H27N3O5S. The van der Waals surface area contributed by atoms with E-state index in [-0.39, 0.29) is 23.8 Å². The molecule has 1 amide bonds. The summed E-state index contributed by atoms with van der Waals surface area (Å²) < 4.78 is 26.5. The normalized spacial score (nSPS) is 16.8. The third-order valence-electron chi connectivity index (χ3n) is 5.66. The molecule has 2 atom stereocenters. The molecule has 8 nitrogen and oxygen atoms in total. The maximum Gasteiger partial charge on any atom is 0.271 e. The number of rotatable bonds is 7. The van der Waals surface area contributed by atoms with Crippen LogP contribution >= 0.6 is 0 Å². The predicted molar refractivity (Wildman–Crippen MR) is 119 cm³/mol. The summed E-state index contributed by atoms with van der Waals surface area (Å²) in [6, 6.07) is 10.7. The number of fused-ring (bicyclic) bond motifs is 1. The minimum Gasteiger partial charge on any atom is -0.347 e. The maximum atomic E-state index is 13.3. The van der Waals surface area contributed by atoms with Crippen LogP contribution in [0.4, 0.5) is 11.4 Å². The van der Waals surface area contributed by atoms with Gasteiger partial charge in [-0.3, -0.25) is 19.2 Å². The number of nitrogens with one attached hydrogen (secondary N) is 1. The van der Waals surface area contributed by atoms with Crippen molar-refractivity contribution in [3.05, 3.63) is 69.3 Å². The van der Waals surface area contributed by atoms with Gasteiger partial charge in [-0.15, -0.1) is 0 Å². The first-order valence-corrected chi connectivity index (χ1v) is 12.1. The number of sulfonamides is 1. The molecule has 0 radical (unpaired) electrons. The lowest BCUT2D eigenvalue weighted by molar-refractivity contribution is -0.384. The smallest absolute Gasteiger partial charge is 0.271 e. The maximum absolute atomic E-state index is 13.3. The molecular weight excluding hydrogens is 418 g/mol. The third kappa shape index (κ3) is 4.87. The molecule has 0 aliphatic heterocycles. The molecule has 31 heavy (non-hydrogen) atoms. The first-order valence-electron chi connectivity index (χ1n) is 10.3. The number of hydrogen-bond acceptors (Lipinski definition) is 5. The zero-order chi connectivity index (χ0) is 22.8. The van der Waals surface area contributed by atoms with Gasteiger partial charge in [-0.1, -0.05) is 37.3 Å². The number of carbonyl (C=O) groups excluding carboxylic acids is 1. The fourth-order valence-electron chi connectivity index (χ4n) is 4.16. The van der Waals surface area contributed by atoms with Gasteiger partial charge in [-0.2, -0.15) is 0 Å². The highest BCUT2D eigenvalue weighted by Gasteiger charge is 2.35. The highest BCUT2D eigenvalue weighted by Crippen LogP contribution is 2.32. The van der Waals surface area contributed by atoms with Crippen molar-refractivity contribution in [1.29, 1.82) is 0 Å². The molecule has 0 bridgehead atoms. The van der Waals surface area contributed by atoms with Crippen molar-refractivity contribution in [2.45, 2.75) is 51.6 Å². The number of nitro benzene ring substituents is 1. The van der Waals surface area contributed by atoms with Crippen molar-refractivity contribution in [3.8, 4) is 0 Å². The Hall–Kier alpha value is -2.94. The second kappa shape index (κ2) is 9.05. The highest BCUT2D eigenvalue weighted by atomic mass is 32.2. The van der Waals surface area contributed by atoms with Crippen molar-refractivity contribution in [1.82, 2.24) is 5.32 Å². The van der Waals surface area contributed by atoms with Gasteiger partial charge in [-0.05, 0) is 49.3 Å². The zero-order valence-electron chi connectivity index (χ0n) is 17.9. The average Bonchev–Trinajstić information content (AvgIpc) is 2.71. The van der Waals surface area contributed by atoms with Crippen LogP contribution in [-0.2, 0) is 21.2 Å². The van der Waals surface area contributed by atoms with Crippen molar-refractivity contribution in [2.75, 3.05) is 10.6 Å². The summed E-state index contributed by atoms with van der Waals surface area (Å²) in [7, 11) is -3.89. The van der Waals surface area contributed by atoms with Gasteiger partial charge in [0.1, 0.15) is 6.04 Å². The molecule has 2 unspecified atom stereocenters. The van der Waals surface area contributed by atoms with E-state index in [1.165, 1.54) is 23.8 Å². The molecule has 0 aromatic heterocycles. The zero-order valence-corrected chi connectivity index (χ0v) is 18.7. The van der Waals surface area contributed by atoms with E-state index in [4.69, 9.17) is 0 Å². The van der Waals surface area contributed by atoms with Gasteiger partial charge in [0.05, 0.1) is 22.9 Å². The Bertz CT molecular complexity index is 1100. The number of anilines is 1. The van der Waals surface area contributed by atoms with Crippen LogP contribution in [-0.4, -0.2) is 31.5 Å². The lowest BCUT2D eigenvalue weighted by Gasteiger charge is -2.33. The van der Waals surface area contributed by atoms with E-state index in [2.05, 4.69) is 5.32 Å². The summed E-state index contributed by atoms with van der Waals surface area (Å²) in [5.74, 6) is -0.416. The number of benzene rings is 2. The molecule has 2 aromatic rings. The van der Waals surface area contributed by atoms with E-state index < -0.39 is 26.9 Å². The van der Waals surface area contributed by atoms with Gasteiger partial charge < -0.3 is 5.32 Å². The van der Waals surface area contributed by atoms with Crippen LogP contribution in [0.25, 0.3) is 0 Å². The van der Waals surface area contributed by atoms with Gasteiger partial charge in [0.15, 0.2) is 0 Å². The Kier molecular flexibility index (Phi) is 6.64. The summed E-state index contributed by atoms with van der Waals surface area (Å²) in [6.45, 7) is 3.39. The molecule has 1 aliphatic rings. The SMILES string of the molecule is CCC(C(=O)NC1CCCc2ccccc21)N(c1cc([N+](=O)[O-])ccc1C)S(C)(=O)=O. The van der Waals surface area contributed by atoms with E-state index in [9.17, 15) is 23.3 Å². The first kappa shape index (κ1) is 22.7. The summed E-state index contributed by atoms with van der Waals surface area (Å²) in [5, 5.41) is 14.3. The first-order chi connectivity index (χ1) is 14.6. The fraction of sp³-hybridized carbons (Fsp3) is 0.409. The number of carbonyl (C=O) groups is 1. The standard InChI is InChI=1S/C22H27N3O5S/c1-4-20(22(26)23-19-11-7-9-16-8-5-6-10-18(16)19)24(31(3,29)30)21-14-17(25(27)28)13-12-15(21)2/h5-6,8,10,12-14,19-20H,4,7,9,11H2,1-3H3,(H,23,26). The molecule has 0 fully saturated rings. The van der Waals surface area contributed by atoms with E-state index in [0.717, 1.165) is 35.4 Å². The largest absolute Gasteiger partial charge is 0.347 e. The second-order valence-corrected chi connectivity index (χ2v) is 9.72. The molecule has 0 spiro atoms. The highest BCUT2D eigenvalue weighted by molar-refractivity contribution is 7.92. The number of non-ortho nitro benzene ring substituents is 1. The topological polar surface area (TPSA) is 110 Å². The third-order valence-corrected chi connectivity index (χ3v) is 6.82. The van der Waals surface area contributed by atoms with Crippen LogP contribution in [0.1, 0.15) is 48.9 Å². The van der Waals surface area contributed by atoms with Crippen LogP contribution < -0.4 is 9.62 Å². The lowest BCUT2D eigenvalue weighted by Crippen LogP contribution is -2.50. The molecule has 166 valence electrons. The lowest BCUT2D eigenvalue weighted by atomic mass is 9.87. The number of aryl methyl sites for hydroxylation is 2. The van der Waals surface area contributed by atoms with Crippen molar-refractivity contribution in [3.63, 3.8) is 0 Å². The quantitative estimate of drug-likeness (QED) is 0.517. The fourth-order valence-corrected chi connectivity index (χ4v) is 5.42. The van der Waals surface area contributed by atoms with Gasteiger partial charge in [0.2, 0.25) is 15.9 Å². The Balaban J connectivity index is 1.97. The summed E-state index contributed by atoms with van der Waals surface area (Å²) in [6.07, 6.45) is 3.88. The Morgan fingerprint density at radius 3 is 2.65 bits per heavy atom. The molecule has 2 aromatic carbocycles. The summed E-state index contributed by atoms with van der Waals surface area (Å²) >= 11 is 0. The Morgan fingerprint density at radius 2 is 2.00 bits per heavy atom. The minimum atomic E-state index is -3.89. The van der Waals surface area contributed by atoms with E-state index in [0.29, 0.717) is 5.56 Å². The number of nitrogens with zero attached hydrogens (tertiary/aromatic N) is 2. The van der Waals surface area contributed by atoms with Crippen molar-refractivity contribution >= 4 is 27.3 Å². The van der Waals surface area contributed by atoms with Crippen molar-refractivity contribution < 1.29 is 18.1 Å². The molecule has 0 saturated carbocycles. The number of amides is 1.